The number of phosphoric ester groups is 1. The second kappa shape index (κ2) is 62.7. The largest absolute Gasteiger partial charge is 0.472 e. The van der Waals surface area contributed by atoms with E-state index in [1.165, 1.54) is 199 Å². The van der Waals surface area contributed by atoms with Crippen LogP contribution in [0, 0.1) is 0 Å². The van der Waals surface area contributed by atoms with Crippen molar-refractivity contribution in [2.45, 2.75) is 315 Å². The van der Waals surface area contributed by atoms with Crippen LogP contribution in [-0.2, 0) is 32.7 Å². The van der Waals surface area contributed by atoms with Gasteiger partial charge >= 0.3 is 19.8 Å². The molecule has 82 heavy (non-hydrogen) atoms. The van der Waals surface area contributed by atoms with Crippen LogP contribution in [0.25, 0.3) is 0 Å². The van der Waals surface area contributed by atoms with Gasteiger partial charge in [0.05, 0.1) is 27.7 Å². The molecule has 0 spiro atoms. The smallest absolute Gasteiger partial charge is 0.462 e. The van der Waals surface area contributed by atoms with Crippen molar-refractivity contribution in [1.29, 1.82) is 0 Å². The summed E-state index contributed by atoms with van der Waals surface area (Å²) in [4.78, 5) is 35.9. The summed E-state index contributed by atoms with van der Waals surface area (Å²) in [5, 5.41) is 0. The molecule has 0 rings (SSSR count). The van der Waals surface area contributed by atoms with E-state index in [1.807, 2.05) is 21.1 Å². The molecule has 10 heteroatoms. The van der Waals surface area contributed by atoms with Gasteiger partial charge in [-0.2, -0.15) is 0 Å². The fraction of sp³-hybridized carbons (Fsp3) is 0.778. The van der Waals surface area contributed by atoms with E-state index in [0.29, 0.717) is 17.4 Å². The Labute approximate surface area is 507 Å². The van der Waals surface area contributed by atoms with E-state index in [1.54, 1.807) is 0 Å². The number of likely N-dealkylation sites (N-methyl/N-ethyl adjacent to an activating group) is 1. The summed E-state index contributed by atoms with van der Waals surface area (Å²) < 4.78 is 34.7. The molecule has 0 fully saturated rings. The SMILES string of the molecule is CC/C=C\C/C=C\C/C=C\C/C=C\C/C=C\C/C=C\CCCCCCCCCCCCCCC(=O)OC(COC(=O)CCCCCCCCCCCCCCCCC/C=C\CCCCCCCCCC)COP(=O)(O)OCC[N+](C)(C)C. The maximum atomic E-state index is 12.9. The van der Waals surface area contributed by atoms with E-state index < -0.39 is 26.5 Å². The summed E-state index contributed by atoms with van der Waals surface area (Å²) in [5.74, 6) is -0.790. The molecule has 0 bridgehead atoms. The maximum absolute atomic E-state index is 12.9. The normalized spacial score (nSPS) is 13.7. The minimum absolute atomic E-state index is 0.0296. The molecule has 0 saturated carbocycles. The first-order valence-electron chi connectivity index (χ1n) is 34.3. The molecule has 476 valence electrons. The minimum Gasteiger partial charge on any atom is -0.462 e. The van der Waals surface area contributed by atoms with E-state index in [0.717, 1.165) is 77.0 Å². The van der Waals surface area contributed by atoms with Gasteiger partial charge in [-0.15, -0.1) is 0 Å². The molecule has 0 amide bonds. The Morgan fingerprint density at radius 2 is 0.695 bits per heavy atom. The average Bonchev–Trinajstić information content (AvgIpc) is 3.46. The lowest BCUT2D eigenvalue weighted by Crippen LogP contribution is -2.37. The van der Waals surface area contributed by atoms with E-state index in [4.69, 9.17) is 18.5 Å². The quantitative estimate of drug-likeness (QED) is 0.0211. The van der Waals surface area contributed by atoms with Crippen LogP contribution >= 0.6 is 7.82 Å². The van der Waals surface area contributed by atoms with Crippen molar-refractivity contribution in [3.05, 3.63) is 85.1 Å². The Morgan fingerprint density at radius 1 is 0.390 bits per heavy atom. The van der Waals surface area contributed by atoms with E-state index in [9.17, 15) is 19.0 Å². The third-order valence-corrected chi connectivity index (χ3v) is 15.9. The van der Waals surface area contributed by atoms with Crippen molar-refractivity contribution in [2.75, 3.05) is 47.5 Å². The number of esters is 2. The maximum Gasteiger partial charge on any atom is 0.472 e. The lowest BCUT2D eigenvalue weighted by molar-refractivity contribution is -0.870. The van der Waals surface area contributed by atoms with Gasteiger partial charge < -0.3 is 18.9 Å². The number of carbonyl (C=O) groups is 2. The number of quaternary nitrogens is 1. The predicted octanol–water partition coefficient (Wildman–Crippen LogP) is 22.2. The molecule has 0 radical (unpaired) electrons. The van der Waals surface area contributed by atoms with Crippen molar-refractivity contribution in [3.63, 3.8) is 0 Å². The van der Waals surface area contributed by atoms with E-state index in [2.05, 4.69) is 98.9 Å². The lowest BCUT2D eigenvalue weighted by atomic mass is 10.0. The zero-order chi connectivity index (χ0) is 59.8. The zero-order valence-electron chi connectivity index (χ0n) is 54.2. The van der Waals surface area contributed by atoms with Gasteiger partial charge in [0, 0.05) is 12.8 Å². The van der Waals surface area contributed by atoms with Crippen LogP contribution in [-0.4, -0.2) is 74.9 Å². The van der Waals surface area contributed by atoms with Gasteiger partial charge in [-0.05, 0) is 89.9 Å². The Bertz CT molecular complexity index is 1660. The van der Waals surface area contributed by atoms with Crippen LogP contribution in [0.2, 0.25) is 0 Å². The summed E-state index contributed by atoms with van der Waals surface area (Å²) in [7, 11) is 1.48. The molecule has 0 aromatic heterocycles. The highest BCUT2D eigenvalue weighted by molar-refractivity contribution is 7.47. The van der Waals surface area contributed by atoms with Gasteiger partial charge in [0.2, 0.25) is 0 Å². The van der Waals surface area contributed by atoms with Gasteiger partial charge in [-0.3, -0.25) is 18.6 Å². The summed E-state index contributed by atoms with van der Waals surface area (Å²) in [6.45, 7) is 4.35. The van der Waals surface area contributed by atoms with Crippen LogP contribution in [0.1, 0.15) is 309 Å². The highest BCUT2D eigenvalue weighted by Gasteiger charge is 2.27. The molecule has 9 nitrogen and oxygen atoms in total. The van der Waals surface area contributed by atoms with Crippen molar-refractivity contribution >= 4 is 19.8 Å². The molecule has 2 atom stereocenters. The van der Waals surface area contributed by atoms with Gasteiger partial charge in [-0.1, -0.05) is 292 Å². The number of nitrogens with zero attached hydrogens (tertiary/aromatic N) is 1. The first-order chi connectivity index (χ1) is 40.0. The summed E-state index contributed by atoms with van der Waals surface area (Å²) >= 11 is 0. The Kier molecular flexibility index (Phi) is 60.6. The first-order valence-corrected chi connectivity index (χ1v) is 35.8. The molecular weight excluding hydrogens is 1040 g/mol. The lowest BCUT2D eigenvalue weighted by Gasteiger charge is -2.24. The Hall–Kier alpha value is -2.81. The summed E-state index contributed by atoms with van der Waals surface area (Å²) in [5.41, 5.74) is 0. The molecule has 2 unspecified atom stereocenters. The van der Waals surface area contributed by atoms with E-state index >= 15 is 0 Å². The third-order valence-electron chi connectivity index (χ3n) is 14.9. The van der Waals surface area contributed by atoms with Crippen molar-refractivity contribution in [1.82, 2.24) is 0 Å². The Balaban J connectivity index is 4.07. The number of rotatable bonds is 63. The van der Waals surface area contributed by atoms with Crippen LogP contribution in [0.4, 0.5) is 0 Å². The fourth-order valence-corrected chi connectivity index (χ4v) is 10.4. The van der Waals surface area contributed by atoms with Gasteiger partial charge in [-0.25, -0.2) is 4.57 Å². The van der Waals surface area contributed by atoms with Gasteiger partial charge in [0.1, 0.15) is 19.8 Å². The highest BCUT2D eigenvalue weighted by Crippen LogP contribution is 2.43. The minimum atomic E-state index is -4.39. The number of phosphoric acid groups is 1. The first kappa shape index (κ1) is 79.2. The molecule has 0 saturated heterocycles. The van der Waals surface area contributed by atoms with Gasteiger partial charge in [0.15, 0.2) is 6.10 Å². The van der Waals surface area contributed by atoms with E-state index in [-0.39, 0.29) is 32.0 Å². The number of hydrogen-bond donors (Lipinski definition) is 1. The average molecular weight is 1170 g/mol. The second-order valence-corrected chi connectivity index (χ2v) is 25.6. The molecule has 0 aliphatic rings. The van der Waals surface area contributed by atoms with Crippen molar-refractivity contribution in [2.24, 2.45) is 0 Å². The number of ether oxygens (including phenoxy) is 2. The monoisotopic (exact) mass is 1170 g/mol. The molecule has 1 N–H and O–H groups in total. The molecule has 0 aromatic rings. The summed E-state index contributed by atoms with van der Waals surface area (Å²) in [6, 6.07) is 0. The third kappa shape index (κ3) is 66.3. The zero-order valence-corrected chi connectivity index (χ0v) is 55.1. The van der Waals surface area contributed by atoms with Crippen molar-refractivity contribution in [3.8, 4) is 0 Å². The molecule has 0 aliphatic carbocycles. The van der Waals surface area contributed by atoms with Crippen molar-refractivity contribution < 1.29 is 42.1 Å². The standard InChI is InChI=1S/C72H130NO8P/c1-6-8-10-12-14-16-18-20-22-24-26-28-30-32-34-35-36-37-39-41-43-45-47-49-51-53-55-57-59-61-63-65-72(75)81-70(69-80-82(76,77)79-67-66-73(3,4)5)68-78-71(74)64-62-60-58-56-54-52-50-48-46-44-42-40-38-33-31-29-27-25-23-21-19-17-15-13-11-9-7-2/h8,10,14,16,20,22,25-28,32,34,36-37,70H,6-7,9,11-13,15,17-19,21,23-24,29-31,33,35,38-69H2,1-5H3/p+1/b10-8-,16-14-,22-20-,27-25-,28-26-,34-32-,37-36-. The topological polar surface area (TPSA) is 108 Å². The molecule has 0 heterocycles. The van der Waals surface area contributed by atoms with Crippen LogP contribution in [0.5, 0.6) is 0 Å². The predicted molar refractivity (Wildman–Crippen MR) is 353 cm³/mol. The van der Waals surface area contributed by atoms with Gasteiger partial charge in [0.25, 0.3) is 0 Å². The highest BCUT2D eigenvalue weighted by atomic mass is 31.2. The summed E-state index contributed by atoms with van der Waals surface area (Å²) in [6.07, 6.45) is 85.3. The number of carbonyl (C=O) groups excluding carboxylic acids is 2. The number of unbranched alkanes of at least 4 members (excludes halogenated alkanes) is 35. The second-order valence-electron chi connectivity index (χ2n) is 24.2. The Morgan fingerprint density at radius 3 is 1.05 bits per heavy atom. The number of allylic oxidation sites excluding steroid dienone is 14. The van der Waals surface area contributed by atoms with Crippen LogP contribution in [0.15, 0.2) is 85.1 Å². The molecule has 0 aliphatic heterocycles. The molecule has 0 aromatic carbocycles. The fourth-order valence-electron chi connectivity index (χ4n) is 9.66. The van der Waals surface area contributed by atoms with Crippen LogP contribution < -0.4 is 0 Å². The molecular formula is C72H131NO8P+. The number of hydrogen-bond acceptors (Lipinski definition) is 7. The van der Waals surface area contributed by atoms with Crippen LogP contribution in [0.3, 0.4) is 0 Å².